The normalized spacial score (nSPS) is 14.7. The number of amides is 2. The molecule has 0 heterocycles. The molecular weight excluding hydrogens is 370 g/mol. The van der Waals surface area contributed by atoms with E-state index < -0.39 is 11.3 Å². The van der Waals surface area contributed by atoms with Gasteiger partial charge in [-0.2, -0.15) is 0 Å². The lowest BCUT2D eigenvalue weighted by Gasteiger charge is -2.28. The van der Waals surface area contributed by atoms with Crippen LogP contribution in [0.2, 0.25) is 0 Å². The highest BCUT2D eigenvalue weighted by Crippen LogP contribution is 2.41. The summed E-state index contributed by atoms with van der Waals surface area (Å²) in [7, 11) is 0. The molecule has 0 aliphatic heterocycles. The number of benzene rings is 2. The van der Waals surface area contributed by atoms with Crippen molar-refractivity contribution in [1.82, 2.24) is 10.2 Å². The Hall–Kier alpha value is -3.35. The first-order valence-corrected chi connectivity index (χ1v) is 9.55. The Balaban J connectivity index is 1.69. The maximum Gasteiger partial charge on any atom is 0.360 e. The Kier molecular flexibility index (Phi) is 6.49. The zero-order valence-electron chi connectivity index (χ0n) is 16.0. The Labute approximate surface area is 168 Å². The zero-order chi connectivity index (χ0) is 20.7. The smallest absolute Gasteiger partial charge is 0.351 e. The van der Waals surface area contributed by atoms with Crippen LogP contribution in [0.3, 0.4) is 0 Å². The molecule has 8 heteroatoms. The van der Waals surface area contributed by atoms with Gasteiger partial charge in [0.25, 0.3) is 4.91 Å². The average molecular weight is 394 g/mol. The summed E-state index contributed by atoms with van der Waals surface area (Å²) >= 11 is 0. The maximum absolute atomic E-state index is 13.1. The number of hydrogen-bond acceptors (Lipinski definition) is 4. The lowest BCUT2D eigenvalue weighted by Crippen LogP contribution is -2.42. The fraction of sp³-hybridized carbons (Fsp3) is 0.333. The standard InChI is InChI=1S/C21H23N5O3/c22-13-15-5-9-18(10-6-15)21(11-1-2-12-21)20(28)23-14-16-3-7-17(8-4-16)19(27)24-25-26-29/h3-10H,1-2,11-14,22H2,(H,23,28)/p+1. The van der Waals surface area contributed by atoms with E-state index in [0.29, 0.717) is 18.7 Å². The summed E-state index contributed by atoms with van der Waals surface area (Å²) in [6.07, 6.45) is 3.71. The predicted molar refractivity (Wildman–Crippen MR) is 106 cm³/mol. The van der Waals surface area contributed by atoms with Crippen molar-refractivity contribution in [3.8, 4) is 0 Å². The minimum Gasteiger partial charge on any atom is -0.351 e. The van der Waals surface area contributed by atoms with Crippen LogP contribution in [-0.2, 0) is 23.3 Å². The first kappa shape index (κ1) is 20.4. The van der Waals surface area contributed by atoms with Crippen LogP contribution < -0.4 is 16.0 Å². The summed E-state index contributed by atoms with van der Waals surface area (Å²) in [6.45, 7) is 0.845. The molecule has 1 aliphatic carbocycles. The van der Waals surface area contributed by atoms with Crippen molar-refractivity contribution in [2.45, 2.75) is 44.2 Å². The molecule has 150 valence electrons. The third kappa shape index (κ3) is 4.56. The average Bonchev–Trinajstić information content (AvgIpc) is 3.27. The summed E-state index contributed by atoms with van der Waals surface area (Å²) in [4.78, 5) is 27.7. The molecule has 2 aromatic carbocycles. The lowest BCUT2D eigenvalue weighted by molar-refractivity contribution is -0.126. The minimum atomic E-state index is -0.607. The SMILES string of the molecule is NCc1ccc(C2(C(=O)NCc3ccc(C(=O)N=[N+]=NO)cc3)CCCC2)cc1. The molecule has 0 aromatic heterocycles. The van der Waals surface area contributed by atoms with Crippen LogP contribution in [-0.4, -0.2) is 17.0 Å². The third-order valence-electron chi connectivity index (χ3n) is 5.46. The van der Waals surface area contributed by atoms with Gasteiger partial charge in [-0.05, 0) is 41.7 Å². The van der Waals surface area contributed by atoms with E-state index in [9.17, 15) is 9.59 Å². The van der Waals surface area contributed by atoms with Crippen molar-refractivity contribution in [2.75, 3.05) is 0 Å². The second-order valence-electron chi connectivity index (χ2n) is 7.15. The molecule has 0 radical (unpaired) electrons. The van der Waals surface area contributed by atoms with E-state index in [0.717, 1.165) is 42.4 Å². The first-order chi connectivity index (χ1) is 14.1. The molecule has 0 bridgehead atoms. The second kappa shape index (κ2) is 9.23. The van der Waals surface area contributed by atoms with Gasteiger partial charge in [-0.25, -0.2) is 0 Å². The summed E-state index contributed by atoms with van der Waals surface area (Å²) < 4.78 is 0. The van der Waals surface area contributed by atoms with Crippen molar-refractivity contribution in [3.05, 3.63) is 70.8 Å². The Morgan fingerprint density at radius 2 is 1.66 bits per heavy atom. The summed E-state index contributed by atoms with van der Waals surface area (Å²) in [6, 6.07) is 14.7. The number of nitrogens with two attached hydrogens (primary N) is 1. The lowest BCUT2D eigenvalue weighted by atomic mass is 9.77. The molecule has 0 saturated heterocycles. The van der Waals surface area contributed by atoms with Gasteiger partial charge >= 0.3 is 11.2 Å². The molecule has 29 heavy (non-hydrogen) atoms. The minimum absolute atomic E-state index is 0.0222. The van der Waals surface area contributed by atoms with Crippen LogP contribution in [0.1, 0.15) is 52.7 Å². The van der Waals surface area contributed by atoms with Gasteiger partial charge in [0.1, 0.15) is 0 Å². The highest BCUT2D eigenvalue weighted by Gasteiger charge is 2.42. The van der Waals surface area contributed by atoms with Crippen LogP contribution in [0, 0.1) is 0 Å². The quantitative estimate of drug-likeness (QED) is 0.395. The van der Waals surface area contributed by atoms with Gasteiger partial charge in [0.05, 0.1) is 5.41 Å². The molecule has 3 rings (SSSR count). The molecule has 2 aromatic rings. The number of nitrogens with one attached hydrogen (secondary N) is 1. The molecule has 0 spiro atoms. The van der Waals surface area contributed by atoms with Gasteiger partial charge < -0.3 is 16.3 Å². The number of carbonyl (C=O) groups is 2. The number of rotatable bonds is 6. The number of nitrogens with zero attached hydrogens (tertiary/aromatic N) is 3. The summed E-state index contributed by atoms with van der Waals surface area (Å²) in [5.74, 6) is -0.585. The maximum atomic E-state index is 13.1. The summed E-state index contributed by atoms with van der Waals surface area (Å²) in [5, 5.41) is 16.9. The Morgan fingerprint density at radius 3 is 2.24 bits per heavy atom. The van der Waals surface area contributed by atoms with Crippen LogP contribution in [0.25, 0.3) is 0 Å². The second-order valence-corrected chi connectivity index (χ2v) is 7.15. The van der Waals surface area contributed by atoms with Gasteiger partial charge in [0.2, 0.25) is 11.0 Å². The monoisotopic (exact) mass is 394 g/mol. The number of hydrogen-bond donors (Lipinski definition) is 3. The highest BCUT2D eigenvalue weighted by molar-refractivity contribution is 5.94. The van der Waals surface area contributed by atoms with Crippen molar-refractivity contribution >= 4 is 11.8 Å². The van der Waals surface area contributed by atoms with E-state index >= 15 is 0 Å². The third-order valence-corrected chi connectivity index (χ3v) is 5.46. The molecule has 0 unspecified atom stereocenters. The van der Waals surface area contributed by atoms with Crippen LogP contribution in [0.5, 0.6) is 0 Å². The van der Waals surface area contributed by atoms with Gasteiger partial charge in [-0.1, -0.05) is 49.2 Å². The first-order valence-electron chi connectivity index (χ1n) is 9.55. The van der Waals surface area contributed by atoms with E-state index in [1.165, 1.54) is 0 Å². The van der Waals surface area contributed by atoms with E-state index in [-0.39, 0.29) is 5.91 Å². The van der Waals surface area contributed by atoms with Gasteiger partial charge in [0.15, 0.2) is 0 Å². The van der Waals surface area contributed by atoms with Crippen LogP contribution >= 0.6 is 0 Å². The van der Waals surface area contributed by atoms with Gasteiger partial charge in [0, 0.05) is 18.7 Å². The molecular formula is C21H24N5O3+. The highest BCUT2D eigenvalue weighted by atomic mass is 16.5. The fourth-order valence-electron chi connectivity index (χ4n) is 3.82. The largest absolute Gasteiger partial charge is 0.360 e. The van der Waals surface area contributed by atoms with E-state index in [1.54, 1.807) is 24.3 Å². The van der Waals surface area contributed by atoms with Crippen molar-refractivity contribution in [2.24, 2.45) is 16.1 Å². The van der Waals surface area contributed by atoms with Crippen LogP contribution in [0.15, 0.2) is 58.9 Å². The molecule has 1 aliphatic rings. The molecule has 2 amide bonds. The van der Waals surface area contributed by atoms with Crippen molar-refractivity contribution in [3.63, 3.8) is 0 Å². The van der Waals surface area contributed by atoms with E-state index in [2.05, 4.69) is 20.6 Å². The van der Waals surface area contributed by atoms with Gasteiger partial charge in [-0.15, -0.1) is 0 Å². The molecule has 4 N–H and O–H groups in total. The van der Waals surface area contributed by atoms with E-state index in [4.69, 9.17) is 10.9 Å². The number of carbonyl (C=O) groups excluding carboxylic acids is 2. The predicted octanol–water partition coefficient (Wildman–Crippen LogP) is 2.77. The van der Waals surface area contributed by atoms with Crippen LogP contribution in [0.4, 0.5) is 0 Å². The molecule has 0 atom stereocenters. The zero-order valence-corrected chi connectivity index (χ0v) is 16.0. The van der Waals surface area contributed by atoms with Crippen molar-refractivity contribution < 1.29 is 14.8 Å². The summed E-state index contributed by atoms with van der Waals surface area (Å²) in [5.41, 5.74) is 8.44. The van der Waals surface area contributed by atoms with E-state index in [1.807, 2.05) is 24.3 Å². The topological polar surface area (TPSA) is 131 Å². The Bertz CT molecular complexity index is 926. The molecule has 8 nitrogen and oxygen atoms in total. The fourth-order valence-corrected chi connectivity index (χ4v) is 3.82. The van der Waals surface area contributed by atoms with Gasteiger partial charge in [-0.3, -0.25) is 9.59 Å². The molecule has 1 fully saturated rings. The Morgan fingerprint density at radius 1 is 1.03 bits per heavy atom. The molecule has 1 saturated carbocycles. The van der Waals surface area contributed by atoms with Crippen molar-refractivity contribution in [1.29, 1.82) is 0 Å².